The van der Waals surface area contributed by atoms with Gasteiger partial charge in [0, 0.05) is 35.3 Å². The molecule has 0 radical (unpaired) electrons. The van der Waals surface area contributed by atoms with Gasteiger partial charge in [-0.25, -0.2) is 4.98 Å². The highest BCUT2D eigenvalue weighted by Crippen LogP contribution is 2.36. The molecule has 1 saturated carbocycles. The Labute approximate surface area is 216 Å². The Balaban J connectivity index is 1.53. The number of hydrogen-bond donors (Lipinski definition) is 3. The predicted molar refractivity (Wildman–Crippen MR) is 136 cm³/mol. The standard InChI is InChI=1S/C27H34N4O6/c1-4-17-10-20(9-16(2)25(17)36-15-21(33)13-28-23(34)14-32)27-30-26(31-37-27)19-11-22(18-7-5-6-8-18)29-24(12-19)35-3/h9-12,18,21,32-33H,4-8,13-15H2,1-3H3,(H,28,34)/t21-/m1/s1. The predicted octanol–water partition coefficient (Wildman–Crippen LogP) is 3.18. The van der Waals surface area contributed by atoms with Crippen molar-refractivity contribution < 1.29 is 29.0 Å². The molecular formula is C27H34N4O6. The number of benzene rings is 1. The number of ether oxygens (including phenoxy) is 2. The molecule has 2 aromatic heterocycles. The zero-order chi connectivity index (χ0) is 26.4. The summed E-state index contributed by atoms with van der Waals surface area (Å²) in [5.41, 5.74) is 4.36. The van der Waals surface area contributed by atoms with Crippen molar-refractivity contribution in [3.63, 3.8) is 0 Å². The van der Waals surface area contributed by atoms with Crippen molar-refractivity contribution in [2.24, 2.45) is 0 Å². The third kappa shape index (κ3) is 6.44. The van der Waals surface area contributed by atoms with Gasteiger partial charge in [0.1, 0.15) is 25.1 Å². The zero-order valence-corrected chi connectivity index (χ0v) is 21.5. The summed E-state index contributed by atoms with van der Waals surface area (Å²) in [6.07, 6.45) is 4.45. The molecule has 3 aromatic rings. The van der Waals surface area contributed by atoms with Gasteiger partial charge in [0.25, 0.3) is 5.89 Å². The third-order valence-corrected chi connectivity index (χ3v) is 6.57. The normalized spacial score (nSPS) is 14.5. The van der Waals surface area contributed by atoms with Crippen LogP contribution in [-0.2, 0) is 11.2 Å². The highest BCUT2D eigenvalue weighted by Gasteiger charge is 2.22. The highest BCUT2D eigenvalue weighted by atomic mass is 16.5. The van der Waals surface area contributed by atoms with E-state index in [9.17, 15) is 9.90 Å². The number of carbonyl (C=O) groups excluding carboxylic acids is 1. The van der Waals surface area contributed by atoms with Gasteiger partial charge in [-0.05, 0) is 55.5 Å². The van der Waals surface area contributed by atoms with Crippen molar-refractivity contribution in [3.05, 3.63) is 41.1 Å². The van der Waals surface area contributed by atoms with E-state index in [-0.39, 0.29) is 13.2 Å². The first-order valence-electron chi connectivity index (χ1n) is 12.6. The Morgan fingerprint density at radius 3 is 2.68 bits per heavy atom. The minimum atomic E-state index is -0.913. The number of carbonyl (C=O) groups is 1. The Kier molecular flexibility index (Phi) is 8.73. The molecule has 0 unspecified atom stereocenters. The van der Waals surface area contributed by atoms with Crippen LogP contribution in [0.4, 0.5) is 0 Å². The topological polar surface area (TPSA) is 140 Å². The van der Waals surface area contributed by atoms with E-state index in [0.717, 1.165) is 40.8 Å². The fourth-order valence-electron chi connectivity index (χ4n) is 4.61. The van der Waals surface area contributed by atoms with Gasteiger partial charge >= 0.3 is 0 Å². The van der Waals surface area contributed by atoms with Crippen LogP contribution in [0, 0.1) is 6.92 Å². The fourth-order valence-corrected chi connectivity index (χ4v) is 4.61. The molecule has 1 aromatic carbocycles. The molecule has 1 aliphatic carbocycles. The number of rotatable bonds is 11. The molecule has 37 heavy (non-hydrogen) atoms. The van der Waals surface area contributed by atoms with Crippen LogP contribution in [0.25, 0.3) is 22.8 Å². The lowest BCUT2D eigenvalue weighted by atomic mass is 10.0. The van der Waals surface area contributed by atoms with Crippen molar-refractivity contribution in [1.29, 1.82) is 0 Å². The van der Waals surface area contributed by atoms with Gasteiger partial charge in [-0.2, -0.15) is 4.98 Å². The van der Waals surface area contributed by atoms with Gasteiger partial charge in [-0.15, -0.1) is 0 Å². The summed E-state index contributed by atoms with van der Waals surface area (Å²) in [5, 5.41) is 25.5. The van der Waals surface area contributed by atoms with Crippen LogP contribution in [0.1, 0.15) is 55.3 Å². The summed E-state index contributed by atoms with van der Waals surface area (Å²) in [7, 11) is 1.61. The molecular weight excluding hydrogens is 476 g/mol. The lowest BCUT2D eigenvalue weighted by Gasteiger charge is -2.17. The second kappa shape index (κ2) is 12.2. The Bertz CT molecular complexity index is 1220. The van der Waals surface area contributed by atoms with Crippen LogP contribution in [0.3, 0.4) is 0 Å². The minimum absolute atomic E-state index is 0.00317. The summed E-state index contributed by atoms with van der Waals surface area (Å²) >= 11 is 0. The lowest BCUT2D eigenvalue weighted by Crippen LogP contribution is -2.36. The molecule has 198 valence electrons. The fraction of sp³-hybridized carbons (Fsp3) is 0.481. The summed E-state index contributed by atoms with van der Waals surface area (Å²) in [5.74, 6) is 1.94. The van der Waals surface area contributed by atoms with Gasteiger partial charge in [-0.1, -0.05) is 24.9 Å². The van der Waals surface area contributed by atoms with E-state index in [1.54, 1.807) is 7.11 Å². The first-order valence-corrected chi connectivity index (χ1v) is 12.6. The highest BCUT2D eigenvalue weighted by molar-refractivity contribution is 5.76. The van der Waals surface area contributed by atoms with E-state index < -0.39 is 18.6 Å². The Hall–Kier alpha value is -3.50. The number of pyridine rings is 1. The maximum absolute atomic E-state index is 11.2. The largest absolute Gasteiger partial charge is 0.490 e. The van der Waals surface area contributed by atoms with Crippen LogP contribution >= 0.6 is 0 Å². The van der Waals surface area contributed by atoms with Crippen molar-refractivity contribution in [2.75, 3.05) is 26.9 Å². The van der Waals surface area contributed by atoms with Crippen LogP contribution in [-0.4, -0.2) is 64.2 Å². The molecule has 2 heterocycles. The van der Waals surface area contributed by atoms with Crippen molar-refractivity contribution in [2.45, 2.75) is 58.0 Å². The van der Waals surface area contributed by atoms with E-state index in [4.69, 9.17) is 19.1 Å². The van der Waals surface area contributed by atoms with Crippen molar-refractivity contribution in [1.82, 2.24) is 20.4 Å². The Morgan fingerprint density at radius 1 is 1.19 bits per heavy atom. The number of amides is 1. The smallest absolute Gasteiger partial charge is 0.258 e. The molecule has 10 nitrogen and oxygen atoms in total. The summed E-state index contributed by atoms with van der Waals surface area (Å²) in [4.78, 5) is 20.5. The summed E-state index contributed by atoms with van der Waals surface area (Å²) in [6.45, 7) is 3.29. The third-order valence-electron chi connectivity index (χ3n) is 6.57. The Morgan fingerprint density at radius 2 is 1.97 bits per heavy atom. The van der Waals surface area contributed by atoms with E-state index in [1.807, 2.05) is 38.1 Å². The number of nitrogens with one attached hydrogen (secondary N) is 1. The molecule has 4 rings (SSSR count). The quantitative estimate of drug-likeness (QED) is 0.355. The molecule has 0 bridgehead atoms. The summed E-state index contributed by atoms with van der Waals surface area (Å²) < 4.78 is 17.0. The number of hydrogen-bond acceptors (Lipinski definition) is 9. The maximum Gasteiger partial charge on any atom is 0.258 e. The first-order chi connectivity index (χ1) is 17.9. The van der Waals surface area contributed by atoms with E-state index in [1.165, 1.54) is 12.8 Å². The first kappa shape index (κ1) is 26.6. The van der Waals surface area contributed by atoms with E-state index in [2.05, 4.69) is 20.4 Å². The second-order valence-corrected chi connectivity index (χ2v) is 9.29. The average Bonchev–Trinajstić information content (AvgIpc) is 3.63. The number of aromatic nitrogens is 3. The molecule has 1 fully saturated rings. The molecule has 3 N–H and O–H groups in total. The second-order valence-electron chi connectivity index (χ2n) is 9.29. The number of aliphatic hydroxyl groups excluding tert-OH is 2. The van der Waals surface area contributed by atoms with Gasteiger partial charge < -0.3 is 29.5 Å². The van der Waals surface area contributed by atoms with E-state index in [0.29, 0.717) is 35.7 Å². The van der Waals surface area contributed by atoms with Crippen molar-refractivity contribution >= 4 is 5.91 Å². The van der Waals surface area contributed by atoms with Crippen molar-refractivity contribution in [3.8, 4) is 34.5 Å². The average molecular weight is 511 g/mol. The van der Waals surface area contributed by atoms with Gasteiger partial charge in [0.2, 0.25) is 17.6 Å². The zero-order valence-electron chi connectivity index (χ0n) is 21.5. The van der Waals surface area contributed by atoms with Crippen LogP contribution in [0.5, 0.6) is 11.6 Å². The van der Waals surface area contributed by atoms with Gasteiger partial charge in [0.05, 0.1) is 7.11 Å². The van der Waals surface area contributed by atoms with Crippen LogP contribution < -0.4 is 14.8 Å². The maximum atomic E-state index is 11.2. The monoisotopic (exact) mass is 510 g/mol. The van der Waals surface area contributed by atoms with Crippen LogP contribution in [0.15, 0.2) is 28.8 Å². The molecule has 10 heteroatoms. The lowest BCUT2D eigenvalue weighted by molar-refractivity contribution is -0.124. The minimum Gasteiger partial charge on any atom is -0.490 e. The number of aliphatic hydroxyl groups is 2. The number of methoxy groups -OCH3 is 1. The van der Waals surface area contributed by atoms with Gasteiger partial charge in [0.15, 0.2) is 0 Å². The van der Waals surface area contributed by atoms with Gasteiger partial charge in [-0.3, -0.25) is 4.79 Å². The summed E-state index contributed by atoms with van der Waals surface area (Å²) in [6, 6.07) is 7.70. The molecule has 0 aliphatic heterocycles. The number of nitrogens with zero attached hydrogens (tertiary/aromatic N) is 3. The molecule has 1 aliphatic rings. The molecule has 0 spiro atoms. The molecule has 1 atom stereocenters. The molecule has 1 amide bonds. The number of aryl methyl sites for hydroxylation is 2. The van der Waals surface area contributed by atoms with E-state index >= 15 is 0 Å². The van der Waals surface area contributed by atoms with Crippen LogP contribution in [0.2, 0.25) is 0 Å². The molecule has 0 saturated heterocycles. The SMILES string of the molecule is CCc1cc(-c2nc(-c3cc(OC)nc(C4CCCC4)c3)no2)cc(C)c1OC[C@H](O)CNC(=O)CO.